The molecule has 0 aromatic carbocycles. The Labute approximate surface area is 134 Å². The average molecular weight is 585 g/mol. The van der Waals surface area contributed by atoms with Crippen LogP contribution in [0.2, 0.25) is 0 Å². The summed E-state index contributed by atoms with van der Waals surface area (Å²) in [5, 5.41) is 3.20. The van der Waals surface area contributed by atoms with Crippen molar-refractivity contribution in [2.75, 3.05) is 7.05 Å². The third-order valence-corrected chi connectivity index (χ3v) is 13.4. The van der Waals surface area contributed by atoms with Crippen molar-refractivity contribution in [2.45, 2.75) is 15.7 Å². The van der Waals surface area contributed by atoms with Gasteiger partial charge in [0.2, 0.25) is 0 Å². The summed E-state index contributed by atoms with van der Waals surface area (Å²) in [6.45, 7) is 0. The summed E-state index contributed by atoms with van der Waals surface area (Å²) in [6, 6.07) is 0. The first-order chi connectivity index (χ1) is 6.19. The van der Waals surface area contributed by atoms with E-state index in [1.807, 2.05) is 7.05 Å². The number of hydrogen-bond donors (Lipinski definition) is 1. The topological polar surface area (TPSA) is 12.0 Å². The Morgan fingerprint density at radius 2 is 1.64 bits per heavy atom. The highest BCUT2D eigenvalue weighted by molar-refractivity contribution is 9.31. The number of halogens is 6. The van der Waals surface area contributed by atoms with Gasteiger partial charge in [-0.15, -0.1) is 0 Å². The third-order valence-electron chi connectivity index (χ3n) is 2.08. The Morgan fingerprint density at radius 1 is 1.14 bits per heavy atom. The van der Waals surface area contributed by atoms with Gasteiger partial charge in [0.05, 0.1) is 4.83 Å². The highest BCUT2D eigenvalue weighted by Crippen LogP contribution is 2.61. The predicted octanol–water partition coefficient (Wildman–Crippen LogP) is 4.60. The van der Waals surface area contributed by atoms with E-state index in [2.05, 4.69) is 113 Å². The van der Waals surface area contributed by atoms with Crippen molar-refractivity contribution in [3.05, 3.63) is 12.2 Å². The van der Waals surface area contributed by atoms with Crippen molar-refractivity contribution in [1.29, 1.82) is 0 Å². The molecular weight excluding hydrogens is 578 g/mol. The van der Waals surface area contributed by atoms with E-state index in [1.165, 1.54) is 0 Å². The van der Waals surface area contributed by atoms with Gasteiger partial charge in [0.1, 0.15) is 10.9 Å². The molecule has 0 amide bonds. The van der Waals surface area contributed by atoms with E-state index < -0.39 is 3.23 Å². The number of hydrogen-bond acceptors (Lipinski definition) is 1. The fourth-order valence-electron chi connectivity index (χ4n) is 1.10. The molecule has 7 heteroatoms. The minimum atomic E-state index is -0.419. The summed E-state index contributed by atoms with van der Waals surface area (Å²) in [6.07, 6.45) is 4.12. The molecule has 0 aromatic rings. The molecule has 2 unspecified atom stereocenters. The quantitative estimate of drug-likeness (QED) is 0.270. The van der Waals surface area contributed by atoms with E-state index in [0.717, 1.165) is 0 Å². The SMILES string of the molecule is CNC1(Br)C=CC(Br)C(Br)(Br)C1(Br)Br. The van der Waals surface area contributed by atoms with E-state index in [0.29, 0.717) is 0 Å². The summed E-state index contributed by atoms with van der Waals surface area (Å²) in [7, 11) is 1.89. The Hall–Kier alpha value is 2.58. The summed E-state index contributed by atoms with van der Waals surface area (Å²) in [5.41, 5.74) is 0. The standard InChI is InChI=1S/C7H7Br6N/c1-14-5(9)3-2-4(8)6(10,11)7(5,12)13/h2-4,14H,1H3. The molecule has 0 fully saturated rings. The van der Waals surface area contributed by atoms with E-state index in [-0.39, 0.29) is 12.5 Å². The minimum absolute atomic E-state index is 0.160. The lowest BCUT2D eigenvalue weighted by molar-refractivity contribution is 0.537. The second-order valence-electron chi connectivity index (χ2n) is 2.92. The molecular formula is C7H7Br6N. The fourth-order valence-corrected chi connectivity index (χ4v) is 5.29. The number of nitrogens with one attached hydrogen (secondary N) is 1. The first-order valence-electron chi connectivity index (χ1n) is 3.66. The lowest BCUT2D eigenvalue weighted by atomic mass is 10.0. The van der Waals surface area contributed by atoms with Gasteiger partial charge in [-0.2, -0.15) is 0 Å². The number of alkyl halides is 6. The van der Waals surface area contributed by atoms with E-state index >= 15 is 0 Å². The van der Waals surface area contributed by atoms with Crippen LogP contribution in [0.15, 0.2) is 12.2 Å². The summed E-state index contributed by atoms with van der Waals surface area (Å²) in [4.78, 5) is 0.160. The molecule has 0 heterocycles. The number of likely N-dealkylation sites (N-methyl/N-ethyl adjacent to an activating group) is 1. The third kappa shape index (κ3) is 2.12. The summed E-state index contributed by atoms with van der Waals surface area (Å²) in [5.74, 6) is 0. The minimum Gasteiger partial charge on any atom is -0.300 e. The highest BCUT2D eigenvalue weighted by atomic mass is 79.9. The lowest BCUT2D eigenvalue weighted by Gasteiger charge is -2.49. The number of rotatable bonds is 1. The Kier molecular flexibility index (Phi) is 4.90. The molecule has 0 radical (unpaired) electrons. The van der Waals surface area contributed by atoms with Crippen molar-refractivity contribution in [3.8, 4) is 0 Å². The molecule has 2 atom stereocenters. The molecule has 1 aliphatic carbocycles. The maximum atomic E-state index is 3.67. The van der Waals surface area contributed by atoms with Crippen LogP contribution >= 0.6 is 95.6 Å². The van der Waals surface area contributed by atoms with Crippen molar-refractivity contribution < 1.29 is 0 Å². The van der Waals surface area contributed by atoms with Gasteiger partial charge in [-0.3, -0.25) is 0 Å². The maximum Gasteiger partial charge on any atom is 0.138 e. The molecule has 1 aliphatic rings. The van der Waals surface area contributed by atoms with E-state index in [4.69, 9.17) is 0 Å². The van der Waals surface area contributed by atoms with Crippen LogP contribution in [0.4, 0.5) is 0 Å². The molecule has 0 aliphatic heterocycles. The van der Waals surface area contributed by atoms with Crippen molar-refractivity contribution in [1.82, 2.24) is 5.32 Å². The van der Waals surface area contributed by atoms with Gasteiger partial charge in [-0.05, 0) is 7.05 Å². The number of allylic oxidation sites excluding steroid dienone is 1. The van der Waals surface area contributed by atoms with Gasteiger partial charge in [0, 0.05) is 0 Å². The molecule has 1 N–H and O–H groups in total. The van der Waals surface area contributed by atoms with Gasteiger partial charge in [0.25, 0.3) is 0 Å². The molecule has 14 heavy (non-hydrogen) atoms. The Balaban J connectivity index is 3.24. The van der Waals surface area contributed by atoms with Gasteiger partial charge in [-0.25, -0.2) is 0 Å². The van der Waals surface area contributed by atoms with Crippen LogP contribution in [0.5, 0.6) is 0 Å². The fraction of sp³-hybridized carbons (Fsp3) is 0.714. The second-order valence-corrected chi connectivity index (χ2v) is 12.2. The Morgan fingerprint density at radius 3 is 2.07 bits per heavy atom. The van der Waals surface area contributed by atoms with Gasteiger partial charge in [0.15, 0.2) is 0 Å². The molecule has 0 spiro atoms. The van der Waals surface area contributed by atoms with Crippen LogP contribution < -0.4 is 5.32 Å². The smallest absolute Gasteiger partial charge is 0.138 e. The first-order valence-corrected chi connectivity index (χ1v) is 8.54. The normalized spacial score (nSPS) is 39.8. The zero-order valence-electron chi connectivity index (χ0n) is 7.00. The van der Waals surface area contributed by atoms with Crippen LogP contribution in [0.3, 0.4) is 0 Å². The highest BCUT2D eigenvalue weighted by Gasteiger charge is 2.61. The largest absolute Gasteiger partial charge is 0.300 e. The van der Waals surface area contributed by atoms with Crippen molar-refractivity contribution >= 4 is 95.6 Å². The van der Waals surface area contributed by atoms with Crippen LogP contribution in [0.1, 0.15) is 0 Å². The van der Waals surface area contributed by atoms with Gasteiger partial charge < -0.3 is 5.32 Å². The molecule has 82 valence electrons. The molecule has 0 saturated heterocycles. The molecule has 0 aromatic heterocycles. The maximum absolute atomic E-state index is 3.67. The van der Waals surface area contributed by atoms with Crippen molar-refractivity contribution in [3.63, 3.8) is 0 Å². The van der Waals surface area contributed by atoms with Crippen molar-refractivity contribution in [2.24, 2.45) is 0 Å². The monoisotopic (exact) mass is 579 g/mol. The van der Waals surface area contributed by atoms with Crippen LogP contribution in [0.25, 0.3) is 0 Å². The molecule has 0 bridgehead atoms. The van der Waals surface area contributed by atoms with Gasteiger partial charge >= 0.3 is 0 Å². The molecule has 1 rings (SSSR count). The van der Waals surface area contributed by atoms with E-state index in [9.17, 15) is 0 Å². The second kappa shape index (κ2) is 4.69. The van der Waals surface area contributed by atoms with Crippen LogP contribution in [-0.4, -0.2) is 22.8 Å². The van der Waals surface area contributed by atoms with Crippen LogP contribution in [0, 0.1) is 0 Å². The average Bonchev–Trinajstić information content (AvgIpc) is 2.10. The van der Waals surface area contributed by atoms with E-state index in [1.54, 1.807) is 0 Å². The Bertz CT molecular complexity index is 263. The lowest BCUT2D eigenvalue weighted by Crippen LogP contribution is -2.61. The molecule has 0 saturated carbocycles. The first kappa shape index (κ1) is 14.6. The zero-order valence-corrected chi connectivity index (χ0v) is 16.5. The predicted molar refractivity (Wildman–Crippen MR) is 83.7 cm³/mol. The summed E-state index contributed by atoms with van der Waals surface area (Å²) < 4.78 is -1.15. The van der Waals surface area contributed by atoms with Gasteiger partial charge in [-0.1, -0.05) is 108 Å². The summed E-state index contributed by atoms with van der Waals surface area (Å²) >= 11 is 21.9. The zero-order chi connectivity index (χ0) is 11.2. The van der Waals surface area contributed by atoms with Crippen LogP contribution in [-0.2, 0) is 0 Å². The molecule has 1 nitrogen and oxygen atoms in total.